The minimum atomic E-state index is 0.463. The van der Waals surface area contributed by atoms with Crippen molar-refractivity contribution in [2.45, 2.75) is 56.8 Å². The van der Waals surface area contributed by atoms with Crippen LogP contribution < -0.4 is 0 Å². The summed E-state index contributed by atoms with van der Waals surface area (Å²) in [5.41, 5.74) is 5.02. The van der Waals surface area contributed by atoms with Crippen LogP contribution in [0.15, 0.2) is 85.1 Å². The van der Waals surface area contributed by atoms with Crippen molar-refractivity contribution < 1.29 is 4.48 Å². The van der Waals surface area contributed by atoms with Crippen molar-refractivity contribution in [1.82, 2.24) is 19.6 Å². The lowest BCUT2D eigenvalue weighted by molar-refractivity contribution is -0.949. The number of hydrogen-bond acceptors (Lipinski definition) is 2. The zero-order valence-electron chi connectivity index (χ0n) is 21.0. The summed E-state index contributed by atoms with van der Waals surface area (Å²) in [7, 11) is 2.51. The highest BCUT2D eigenvalue weighted by molar-refractivity contribution is 6.08. The predicted octanol–water partition coefficient (Wildman–Crippen LogP) is 5.99. The number of para-hydroxylation sites is 2. The van der Waals surface area contributed by atoms with Crippen LogP contribution in [-0.2, 0) is 13.0 Å². The summed E-state index contributed by atoms with van der Waals surface area (Å²) in [5, 5.41) is 11.9. The van der Waals surface area contributed by atoms with E-state index in [0.29, 0.717) is 6.04 Å². The second-order valence-corrected chi connectivity index (χ2v) is 11.1. The number of likely N-dealkylation sites (N-methyl/N-ethyl adjacent to an activating group) is 1. The molecule has 4 heterocycles. The van der Waals surface area contributed by atoms with Crippen LogP contribution in [0.5, 0.6) is 0 Å². The molecule has 2 saturated heterocycles. The summed E-state index contributed by atoms with van der Waals surface area (Å²) in [6.45, 7) is 1.99. The molecule has 4 atom stereocenters. The number of benzene rings is 3. The number of piperidine rings is 1. The van der Waals surface area contributed by atoms with Gasteiger partial charge >= 0.3 is 0 Å². The van der Waals surface area contributed by atoms with Gasteiger partial charge in [-0.05, 0) is 17.7 Å². The number of quaternary nitrogens is 1. The van der Waals surface area contributed by atoms with Gasteiger partial charge in [0.15, 0.2) is 0 Å². The maximum atomic E-state index is 4.66. The molecule has 0 aliphatic carbocycles. The molecule has 0 spiro atoms. The smallest absolute Gasteiger partial charge is 0.102 e. The van der Waals surface area contributed by atoms with Gasteiger partial charge in [0.05, 0.1) is 44.5 Å². The zero-order chi connectivity index (χ0) is 24.1. The summed E-state index contributed by atoms with van der Waals surface area (Å²) in [5.74, 6) is 0. The topological polar surface area (TPSA) is 35.6 Å². The fourth-order valence-electron chi connectivity index (χ4n) is 7.21. The summed E-state index contributed by atoms with van der Waals surface area (Å²) >= 11 is 0. The van der Waals surface area contributed by atoms with Crippen LogP contribution in [0.25, 0.3) is 21.8 Å². The molecule has 36 heavy (non-hydrogen) atoms. The van der Waals surface area contributed by atoms with E-state index >= 15 is 0 Å². The Morgan fingerprint density at radius 3 is 2.08 bits per heavy atom. The maximum Gasteiger partial charge on any atom is 0.102 e. The molecule has 5 nitrogen and oxygen atoms in total. The van der Waals surface area contributed by atoms with Gasteiger partial charge in [-0.25, -0.2) is 4.68 Å². The van der Waals surface area contributed by atoms with Crippen molar-refractivity contribution in [3.8, 4) is 0 Å². The van der Waals surface area contributed by atoms with Gasteiger partial charge in [-0.15, -0.1) is 5.10 Å². The third-order valence-electron chi connectivity index (χ3n) is 9.25. The maximum absolute atomic E-state index is 4.66. The van der Waals surface area contributed by atoms with Crippen LogP contribution in [0.2, 0.25) is 0 Å². The van der Waals surface area contributed by atoms with Gasteiger partial charge in [-0.1, -0.05) is 71.9 Å². The van der Waals surface area contributed by atoms with Crippen molar-refractivity contribution in [1.29, 1.82) is 0 Å². The Bertz CT molecular complexity index is 1450. The highest BCUT2D eigenvalue weighted by Crippen LogP contribution is 2.45. The molecule has 0 saturated carbocycles. The highest BCUT2D eigenvalue weighted by Gasteiger charge is 2.51. The molecular formula is C31H34N5+. The Morgan fingerprint density at radius 1 is 0.806 bits per heavy atom. The second-order valence-electron chi connectivity index (χ2n) is 11.1. The van der Waals surface area contributed by atoms with Crippen molar-refractivity contribution in [2.75, 3.05) is 13.6 Å². The monoisotopic (exact) mass is 476 g/mol. The molecule has 182 valence electrons. The standard InChI is InChI=1S/C31H34N5/c1-36(18-17-23-9-3-2-4-10-23)26-15-16-27(36)20-25(19-26)35-22-24(32-33-35)21-34-30-13-7-5-11-28(30)29-12-6-8-14-31(29)34/h2-14,22,25-27H,15-21H2,1H3/q+1/t25?,26-,27+,36?. The molecule has 5 aromatic rings. The molecule has 0 amide bonds. The van der Waals surface area contributed by atoms with Gasteiger partial charge in [0.1, 0.15) is 5.69 Å². The Kier molecular flexibility index (Phi) is 5.21. The minimum absolute atomic E-state index is 0.463. The van der Waals surface area contributed by atoms with Gasteiger partial charge in [0, 0.05) is 53.9 Å². The van der Waals surface area contributed by atoms with E-state index in [4.69, 9.17) is 0 Å². The molecule has 2 fully saturated rings. The van der Waals surface area contributed by atoms with Crippen molar-refractivity contribution >= 4 is 21.8 Å². The van der Waals surface area contributed by atoms with Crippen LogP contribution in [0.4, 0.5) is 0 Å². The van der Waals surface area contributed by atoms with Crippen LogP contribution in [0.1, 0.15) is 43.0 Å². The van der Waals surface area contributed by atoms with E-state index in [1.165, 1.54) is 70.5 Å². The van der Waals surface area contributed by atoms with Crippen LogP contribution >= 0.6 is 0 Å². The SMILES string of the molecule is C[N+]1(CCc2ccccc2)[C@@H]2CC[C@H]1CC(n1cc(Cn3c4ccccc4c4ccccc43)nn1)C2. The van der Waals surface area contributed by atoms with E-state index in [0.717, 1.165) is 24.3 Å². The normalized spacial score (nSPS) is 25.6. The molecular weight excluding hydrogens is 442 g/mol. The first-order valence-corrected chi connectivity index (χ1v) is 13.4. The molecule has 0 radical (unpaired) electrons. The highest BCUT2D eigenvalue weighted by atomic mass is 15.5. The van der Waals surface area contributed by atoms with Gasteiger partial charge < -0.3 is 9.05 Å². The molecule has 3 aromatic carbocycles. The Labute approximate surface area is 212 Å². The lowest BCUT2D eigenvalue weighted by atomic mass is 9.94. The second kappa shape index (κ2) is 8.59. The summed E-state index contributed by atoms with van der Waals surface area (Å²) in [6, 6.07) is 30.3. The number of fused-ring (bicyclic) bond motifs is 5. The quantitative estimate of drug-likeness (QED) is 0.282. The number of nitrogens with zero attached hydrogens (tertiary/aromatic N) is 5. The Morgan fingerprint density at radius 2 is 1.42 bits per heavy atom. The van der Waals surface area contributed by atoms with Crippen LogP contribution in [0.3, 0.4) is 0 Å². The Balaban J connectivity index is 1.10. The molecule has 2 unspecified atom stereocenters. The number of aromatic nitrogens is 4. The van der Waals surface area contributed by atoms with Gasteiger partial charge in [0.2, 0.25) is 0 Å². The average Bonchev–Trinajstić information content (AvgIpc) is 3.54. The molecule has 2 bridgehead atoms. The molecule has 2 aliphatic rings. The first-order valence-electron chi connectivity index (χ1n) is 13.4. The fourth-order valence-corrected chi connectivity index (χ4v) is 7.21. The largest absolute Gasteiger partial charge is 0.334 e. The number of rotatable bonds is 6. The van der Waals surface area contributed by atoms with E-state index in [1.54, 1.807) is 0 Å². The fraction of sp³-hybridized carbons (Fsp3) is 0.355. The van der Waals surface area contributed by atoms with Crippen molar-refractivity contribution in [3.63, 3.8) is 0 Å². The Hall–Kier alpha value is -3.44. The third kappa shape index (κ3) is 3.56. The lowest BCUT2D eigenvalue weighted by Gasteiger charge is -2.47. The van der Waals surface area contributed by atoms with Crippen molar-refractivity contribution in [2.24, 2.45) is 0 Å². The first kappa shape index (κ1) is 21.8. The van der Waals surface area contributed by atoms with E-state index in [9.17, 15) is 0 Å². The first-order chi connectivity index (χ1) is 17.7. The van der Waals surface area contributed by atoms with Gasteiger partial charge in [-0.3, -0.25) is 0 Å². The predicted molar refractivity (Wildman–Crippen MR) is 145 cm³/mol. The zero-order valence-corrected chi connectivity index (χ0v) is 21.0. The van der Waals surface area contributed by atoms with Crippen molar-refractivity contribution in [3.05, 3.63) is 96.3 Å². The van der Waals surface area contributed by atoms with Crippen LogP contribution in [-0.4, -0.2) is 49.7 Å². The van der Waals surface area contributed by atoms with Gasteiger partial charge in [0.25, 0.3) is 0 Å². The average molecular weight is 477 g/mol. The molecule has 0 N–H and O–H groups in total. The van der Waals surface area contributed by atoms with E-state index in [2.05, 4.69) is 112 Å². The molecule has 2 aliphatic heterocycles. The van der Waals surface area contributed by atoms with Gasteiger partial charge in [-0.2, -0.15) is 0 Å². The van der Waals surface area contributed by atoms with E-state index in [1.807, 2.05) is 0 Å². The van der Waals surface area contributed by atoms with E-state index in [-0.39, 0.29) is 0 Å². The summed E-state index contributed by atoms with van der Waals surface area (Å²) in [6.07, 6.45) is 8.49. The van der Waals surface area contributed by atoms with Crippen LogP contribution in [0, 0.1) is 0 Å². The minimum Gasteiger partial charge on any atom is -0.334 e. The molecule has 5 heteroatoms. The molecule has 7 rings (SSSR count). The summed E-state index contributed by atoms with van der Waals surface area (Å²) < 4.78 is 5.81. The van der Waals surface area contributed by atoms with E-state index < -0.39 is 0 Å². The summed E-state index contributed by atoms with van der Waals surface area (Å²) in [4.78, 5) is 0. The molecule has 2 aromatic heterocycles. The number of hydrogen-bond donors (Lipinski definition) is 0. The lowest BCUT2D eigenvalue weighted by Crippen LogP contribution is -2.58. The third-order valence-corrected chi connectivity index (χ3v) is 9.25.